The molecule has 2 heterocycles. The summed E-state index contributed by atoms with van der Waals surface area (Å²) in [5.41, 5.74) is 0.419. The first-order valence-electron chi connectivity index (χ1n) is 8.01. The van der Waals surface area contributed by atoms with E-state index in [0.717, 1.165) is 25.9 Å². The van der Waals surface area contributed by atoms with Crippen molar-refractivity contribution in [2.75, 3.05) is 13.1 Å². The first-order chi connectivity index (χ1) is 10.4. The van der Waals surface area contributed by atoms with Crippen LogP contribution in [0.3, 0.4) is 0 Å². The molecule has 2 rings (SSSR count). The maximum atomic E-state index is 12.0. The van der Waals surface area contributed by atoms with E-state index >= 15 is 0 Å². The Kier molecular flexibility index (Phi) is 5.71. The van der Waals surface area contributed by atoms with Gasteiger partial charge in [-0.1, -0.05) is 0 Å². The van der Waals surface area contributed by atoms with Crippen LogP contribution in [0, 0.1) is 12.8 Å². The van der Waals surface area contributed by atoms with E-state index in [-0.39, 0.29) is 11.5 Å². The number of piperidine rings is 1. The van der Waals surface area contributed by atoms with E-state index in [1.165, 1.54) is 6.07 Å². The van der Waals surface area contributed by atoms with E-state index in [9.17, 15) is 9.59 Å². The molecule has 122 valence electrons. The van der Waals surface area contributed by atoms with Crippen molar-refractivity contribution >= 4 is 5.91 Å². The van der Waals surface area contributed by atoms with E-state index in [2.05, 4.69) is 34.0 Å². The van der Waals surface area contributed by atoms with E-state index in [1.54, 1.807) is 6.92 Å². The molecule has 1 fully saturated rings. The molecule has 1 aromatic rings. The van der Waals surface area contributed by atoms with Crippen LogP contribution in [0.15, 0.2) is 10.9 Å². The van der Waals surface area contributed by atoms with Crippen molar-refractivity contribution in [1.82, 2.24) is 20.2 Å². The maximum absolute atomic E-state index is 12.0. The number of carbonyl (C=O) groups is 1. The third-order valence-electron chi connectivity index (χ3n) is 4.23. The van der Waals surface area contributed by atoms with Crippen LogP contribution in [0.5, 0.6) is 0 Å². The minimum Gasteiger partial charge on any atom is -0.350 e. The van der Waals surface area contributed by atoms with Gasteiger partial charge in [-0.2, -0.15) is 0 Å². The van der Waals surface area contributed by atoms with Crippen LogP contribution in [0.4, 0.5) is 0 Å². The van der Waals surface area contributed by atoms with Gasteiger partial charge in [0.1, 0.15) is 5.82 Å². The summed E-state index contributed by atoms with van der Waals surface area (Å²) in [7, 11) is 0. The number of H-pyrrole nitrogens is 1. The van der Waals surface area contributed by atoms with Crippen molar-refractivity contribution in [3.05, 3.63) is 27.9 Å². The highest BCUT2D eigenvalue weighted by molar-refractivity contribution is 5.76. The van der Waals surface area contributed by atoms with Crippen molar-refractivity contribution in [3.63, 3.8) is 0 Å². The van der Waals surface area contributed by atoms with Crippen LogP contribution < -0.4 is 10.9 Å². The zero-order valence-corrected chi connectivity index (χ0v) is 13.7. The Balaban J connectivity index is 1.75. The van der Waals surface area contributed by atoms with Crippen LogP contribution >= 0.6 is 0 Å². The number of likely N-dealkylation sites (tertiary alicyclic amines) is 1. The number of carbonyl (C=O) groups excluding carboxylic acids is 1. The van der Waals surface area contributed by atoms with E-state index in [4.69, 9.17) is 0 Å². The molecule has 1 aliphatic heterocycles. The Morgan fingerprint density at radius 2 is 2.14 bits per heavy atom. The van der Waals surface area contributed by atoms with Gasteiger partial charge in [-0.3, -0.25) is 9.59 Å². The van der Waals surface area contributed by atoms with Gasteiger partial charge in [0, 0.05) is 18.5 Å². The van der Waals surface area contributed by atoms with Gasteiger partial charge in [0.25, 0.3) is 5.56 Å². The highest BCUT2D eigenvalue weighted by atomic mass is 16.1. The van der Waals surface area contributed by atoms with Gasteiger partial charge < -0.3 is 15.2 Å². The predicted molar refractivity (Wildman–Crippen MR) is 85.5 cm³/mol. The molecule has 0 atom stereocenters. The number of amides is 1. The zero-order valence-electron chi connectivity index (χ0n) is 13.7. The fourth-order valence-electron chi connectivity index (χ4n) is 2.93. The van der Waals surface area contributed by atoms with Crippen LogP contribution in [0.25, 0.3) is 0 Å². The molecule has 1 aromatic heterocycles. The molecule has 6 heteroatoms. The Labute approximate surface area is 131 Å². The molecule has 22 heavy (non-hydrogen) atoms. The lowest BCUT2D eigenvalue weighted by atomic mass is 9.92. The van der Waals surface area contributed by atoms with Gasteiger partial charge in [0.05, 0.1) is 12.2 Å². The van der Waals surface area contributed by atoms with Crippen molar-refractivity contribution in [2.45, 2.75) is 52.6 Å². The lowest BCUT2D eigenvalue weighted by Crippen LogP contribution is -2.39. The number of aromatic nitrogens is 2. The molecular weight excluding hydrogens is 280 g/mol. The summed E-state index contributed by atoms with van der Waals surface area (Å²) in [6.07, 6.45) is 2.72. The molecule has 0 saturated carbocycles. The maximum Gasteiger partial charge on any atom is 0.251 e. The van der Waals surface area contributed by atoms with E-state index < -0.39 is 0 Å². The molecule has 1 aliphatic rings. The lowest BCUT2D eigenvalue weighted by molar-refractivity contribution is -0.122. The minimum absolute atomic E-state index is 0.0442. The molecule has 0 bridgehead atoms. The number of hydrogen-bond acceptors (Lipinski definition) is 4. The smallest absolute Gasteiger partial charge is 0.251 e. The predicted octanol–water partition coefficient (Wildman–Crippen LogP) is 1.21. The normalized spacial score (nSPS) is 16.9. The third-order valence-corrected chi connectivity index (χ3v) is 4.23. The summed E-state index contributed by atoms with van der Waals surface area (Å²) in [4.78, 5) is 32.6. The molecule has 6 nitrogen and oxygen atoms in total. The van der Waals surface area contributed by atoms with Gasteiger partial charge in [-0.05, 0) is 52.6 Å². The summed E-state index contributed by atoms with van der Waals surface area (Å²) in [5.74, 6) is 1.07. The number of rotatable bonds is 5. The highest BCUT2D eigenvalue weighted by Gasteiger charge is 2.22. The van der Waals surface area contributed by atoms with Crippen molar-refractivity contribution in [2.24, 2.45) is 5.92 Å². The molecule has 0 radical (unpaired) electrons. The fraction of sp³-hybridized carbons (Fsp3) is 0.688. The number of aromatic amines is 1. The summed E-state index contributed by atoms with van der Waals surface area (Å²) in [6.45, 7) is 8.62. The monoisotopic (exact) mass is 306 g/mol. The van der Waals surface area contributed by atoms with E-state index in [0.29, 0.717) is 36.4 Å². The van der Waals surface area contributed by atoms with Crippen molar-refractivity contribution < 1.29 is 4.79 Å². The van der Waals surface area contributed by atoms with Gasteiger partial charge in [0.2, 0.25) is 5.91 Å². The topological polar surface area (TPSA) is 78.1 Å². The second-order valence-electron chi connectivity index (χ2n) is 6.38. The Morgan fingerprint density at radius 3 is 2.73 bits per heavy atom. The highest BCUT2D eigenvalue weighted by Crippen LogP contribution is 2.21. The summed E-state index contributed by atoms with van der Waals surface area (Å²) >= 11 is 0. The van der Waals surface area contributed by atoms with Gasteiger partial charge in [0.15, 0.2) is 0 Å². The Bertz CT molecular complexity index is 560. The van der Waals surface area contributed by atoms with Crippen molar-refractivity contribution in [3.8, 4) is 0 Å². The standard InChI is InChI=1S/C16H26N4O2/c1-11(2)20-6-4-13(5-7-20)8-15(21)17-10-14-9-16(22)19-12(3)18-14/h9,11,13H,4-8,10H2,1-3H3,(H,17,21)(H,18,19,22). The Morgan fingerprint density at radius 1 is 1.45 bits per heavy atom. The molecule has 1 amide bonds. The second-order valence-corrected chi connectivity index (χ2v) is 6.38. The molecule has 1 saturated heterocycles. The molecule has 2 N–H and O–H groups in total. The molecular formula is C16H26N4O2. The summed E-state index contributed by atoms with van der Waals surface area (Å²) in [5, 5.41) is 2.87. The third kappa shape index (κ3) is 4.94. The van der Waals surface area contributed by atoms with Crippen LogP contribution in [0.2, 0.25) is 0 Å². The quantitative estimate of drug-likeness (QED) is 0.857. The minimum atomic E-state index is -0.183. The molecule has 0 unspecified atom stereocenters. The van der Waals surface area contributed by atoms with Crippen molar-refractivity contribution in [1.29, 1.82) is 0 Å². The largest absolute Gasteiger partial charge is 0.350 e. The number of nitrogens with one attached hydrogen (secondary N) is 2. The first-order valence-corrected chi connectivity index (χ1v) is 8.01. The molecule has 0 spiro atoms. The fourth-order valence-corrected chi connectivity index (χ4v) is 2.93. The average Bonchev–Trinajstić information content (AvgIpc) is 2.45. The SMILES string of the molecule is Cc1nc(CNC(=O)CC2CCN(C(C)C)CC2)cc(=O)[nH]1. The second kappa shape index (κ2) is 7.54. The summed E-state index contributed by atoms with van der Waals surface area (Å²) < 4.78 is 0. The average molecular weight is 306 g/mol. The number of nitrogens with zero attached hydrogens (tertiary/aromatic N) is 2. The molecule has 0 aromatic carbocycles. The van der Waals surface area contributed by atoms with E-state index in [1.807, 2.05) is 0 Å². The lowest BCUT2D eigenvalue weighted by Gasteiger charge is -2.34. The summed E-state index contributed by atoms with van der Waals surface area (Å²) in [6, 6.07) is 2.01. The van der Waals surface area contributed by atoms with Crippen LogP contribution in [0.1, 0.15) is 44.6 Å². The number of aryl methyl sites for hydroxylation is 1. The molecule has 0 aliphatic carbocycles. The van der Waals surface area contributed by atoms with Gasteiger partial charge in [-0.25, -0.2) is 4.98 Å². The zero-order chi connectivity index (χ0) is 16.1. The van der Waals surface area contributed by atoms with Gasteiger partial charge >= 0.3 is 0 Å². The van der Waals surface area contributed by atoms with Gasteiger partial charge in [-0.15, -0.1) is 0 Å². The van der Waals surface area contributed by atoms with Crippen LogP contribution in [-0.2, 0) is 11.3 Å². The number of hydrogen-bond donors (Lipinski definition) is 2. The Hall–Kier alpha value is -1.69. The van der Waals surface area contributed by atoms with Crippen LogP contribution in [-0.4, -0.2) is 39.9 Å². The first kappa shape index (κ1) is 16.7.